The summed E-state index contributed by atoms with van der Waals surface area (Å²) in [4.78, 5) is 11.5. The maximum absolute atomic E-state index is 11.5. The van der Waals surface area contributed by atoms with Crippen molar-refractivity contribution in [1.82, 2.24) is 5.32 Å². The van der Waals surface area contributed by atoms with Gasteiger partial charge in [-0.2, -0.15) is 0 Å². The first-order chi connectivity index (χ1) is 9.82. The number of carbonyl (C=O) groups is 1. The maximum Gasteiger partial charge on any atom is 0.217 e. The Hall–Kier alpha value is -1.55. The second-order valence-corrected chi connectivity index (χ2v) is 6.51. The number of nitrogens with two attached hydrogens (primary N) is 1. The highest BCUT2D eigenvalue weighted by Gasteiger charge is 2.34. The Morgan fingerprint density at radius 2 is 2.24 bits per heavy atom. The van der Waals surface area contributed by atoms with Gasteiger partial charge in [0.1, 0.15) is 11.4 Å². The van der Waals surface area contributed by atoms with E-state index in [1.165, 1.54) is 0 Å². The van der Waals surface area contributed by atoms with E-state index in [1.54, 1.807) is 6.92 Å². The number of benzene rings is 1. The highest BCUT2D eigenvalue weighted by molar-refractivity contribution is 5.73. The lowest BCUT2D eigenvalue weighted by molar-refractivity contribution is -0.120. The Balaban J connectivity index is 2.36. The van der Waals surface area contributed by atoms with Gasteiger partial charge in [-0.05, 0) is 38.0 Å². The quantitative estimate of drug-likeness (QED) is 0.895. The van der Waals surface area contributed by atoms with E-state index in [1.807, 2.05) is 26.0 Å². The number of nitrogens with one attached hydrogen (secondary N) is 1. The van der Waals surface area contributed by atoms with Gasteiger partial charge < -0.3 is 15.8 Å². The van der Waals surface area contributed by atoms with Gasteiger partial charge in [-0.15, -0.1) is 0 Å². The molecule has 2 unspecified atom stereocenters. The number of hydrogen-bond acceptors (Lipinski definition) is 3. The summed E-state index contributed by atoms with van der Waals surface area (Å²) in [5.74, 6) is 0.823. The molecule has 116 valence electrons. The molecule has 1 amide bonds. The molecule has 2 atom stereocenters. The highest BCUT2D eigenvalue weighted by atomic mass is 16.5. The Morgan fingerprint density at radius 3 is 2.86 bits per heavy atom. The van der Waals surface area contributed by atoms with Crippen LogP contribution in [0.3, 0.4) is 0 Å². The van der Waals surface area contributed by atoms with Crippen LogP contribution in [0.4, 0.5) is 0 Å². The Bertz CT molecular complexity index is 526. The van der Waals surface area contributed by atoms with Crippen LogP contribution >= 0.6 is 0 Å². The summed E-state index contributed by atoms with van der Waals surface area (Å²) in [5.41, 5.74) is 8.07. The van der Waals surface area contributed by atoms with E-state index >= 15 is 0 Å². The normalized spacial score (nSPS) is 21.1. The average Bonchev–Trinajstić information content (AvgIpc) is 2.36. The molecule has 3 N–H and O–H groups in total. The van der Waals surface area contributed by atoms with Crippen LogP contribution in [-0.2, 0) is 4.79 Å². The molecule has 0 spiro atoms. The van der Waals surface area contributed by atoms with E-state index in [4.69, 9.17) is 10.5 Å². The molecule has 0 bridgehead atoms. The lowest BCUT2D eigenvalue weighted by Gasteiger charge is -2.38. The van der Waals surface area contributed by atoms with Crippen LogP contribution in [0.5, 0.6) is 5.75 Å². The lowest BCUT2D eigenvalue weighted by Crippen LogP contribution is -2.40. The summed E-state index contributed by atoms with van der Waals surface area (Å²) < 4.78 is 6.03. The third-order valence-corrected chi connectivity index (χ3v) is 3.90. The standard InChI is InChI=1S/C17H26N2O2/c1-5-6-14(18)12-7-8-16-13(9-12)15(19-11(2)20)10-17(3,4)21-16/h7-9,14-15H,5-6,10,18H2,1-4H3,(H,19,20). The second kappa shape index (κ2) is 6.06. The first kappa shape index (κ1) is 15.8. The van der Waals surface area contributed by atoms with Crippen molar-refractivity contribution in [3.05, 3.63) is 29.3 Å². The summed E-state index contributed by atoms with van der Waals surface area (Å²) in [6, 6.07) is 6.12. The smallest absolute Gasteiger partial charge is 0.217 e. The van der Waals surface area contributed by atoms with Crippen molar-refractivity contribution >= 4 is 5.91 Å². The number of fused-ring (bicyclic) bond motifs is 1. The van der Waals surface area contributed by atoms with Crippen LogP contribution in [0.1, 0.15) is 70.2 Å². The molecule has 0 saturated heterocycles. The van der Waals surface area contributed by atoms with Gasteiger partial charge >= 0.3 is 0 Å². The fourth-order valence-electron chi connectivity index (χ4n) is 2.96. The molecular formula is C17H26N2O2. The molecule has 1 aliphatic heterocycles. The third kappa shape index (κ3) is 3.76. The van der Waals surface area contributed by atoms with E-state index < -0.39 is 0 Å². The zero-order valence-corrected chi connectivity index (χ0v) is 13.4. The van der Waals surface area contributed by atoms with Crippen molar-refractivity contribution in [3.8, 4) is 5.75 Å². The molecule has 1 aromatic carbocycles. The monoisotopic (exact) mass is 290 g/mol. The predicted octanol–water partition coefficient (Wildman–Crippen LogP) is 3.22. The summed E-state index contributed by atoms with van der Waals surface area (Å²) in [7, 11) is 0. The van der Waals surface area contributed by atoms with Crippen LogP contribution in [0, 0.1) is 0 Å². The molecular weight excluding hydrogens is 264 g/mol. The minimum atomic E-state index is -0.285. The molecule has 0 aliphatic carbocycles. The van der Waals surface area contributed by atoms with Crippen molar-refractivity contribution in [1.29, 1.82) is 0 Å². The molecule has 0 fully saturated rings. The van der Waals surface area contributed by atoms with Crippen LogP contribution in [0.2, 0.25) is 0 Å². The first-order valence-corrected chi connectivity index (χ1v) is 7.68. The van der Waals surface area contributed by atoms with Gasteiger partial charge in [0.25, 0.3) is 0 Å². The van der Waals surface area contributed by atoms with Crippen molar-refractivity contribution in [2.75, 3.05) is 0 Å². The van der Waals surface area contributed by atoms with Crippen LogP contribution < -0.4 is 15.8 Å². The van der Waals surface area contributed by atoms with E-state index in [-0.39, 0.29) is 23.6 Å². The molecule has 1 aliphatic rings. The van der Waals surface area contributed by atoms with Gasteiger partial charge in [-0.25, -0.2) is 0 Å². The number of amides is 1. The minimum Gasteiger partial charge on any atom is -0.487 e. The van der Waals surface area contributed by atoms with Crippen molar-refractivity contribution in [2.24, 2.45) is 5.73 Å². The Labute approximate surface area is 127 Å². The molecule has 1 heterocycles. The van der Waals surface area contributed by atoms with Crippen molar-refractivity contribution in [2.45, 2.75) is 64.6 Å². The van der Waals surface area contributed by atoms with Gasteiger partial charge in [-0.1, -0.05) is 19.4 Å². The van der Waals surface area contributed by atoms with Gasteiger partial charge in [-0.3, -0.25) is 4.79 Å². The van der Waals surface area contributed by atoms with Crippen LogP contribution in [0.25, 0.3) is 0 Å². The number of ether oxygens (including phenoxy) is 1. The molecule has 0 saturated carbocycles. The molecule has 4 nitrogen and oxygen atoms in total. The van der Waals surface area contributed by atoms with Gasteiger partial charge in [0.05, 0.1) is 6.04 Å². The van der Waals surface area contributed by atoms with Crippen molar-refractivity contribution < 1.29 is 9.53 Å². The third-order valence-electron chi connectivity index (χ3n) is 3.90. The Kier molecular flexibility index (Phi) is 4.57. The summed E-state index contributed by atoms with van der Waals surface area (Å²) >= 11 is 0. The predicted molar refractivity (Wildman–Crippen MR) is 84.2 cm³/mol. The number of carbonyl (C=O) groups excluding carboxylic acids is 1. The Morgan fingerprint density at radius 1 is 1.52 bits per heavy atom. The van der Waals surface area contributed by atoms with E-state index in [2.05, 4.69) is 18.3 Å². The fraction of sp³-hybridized carbons (Fsp3) is 0.588. The van der Waals surface area contributed by atoms with Crippen LogP contribution in [0.15, 0.2) is 18.2 Å². The minimum absolute atomic E-state index is 0.0185. The van der Waals surface area contributed by atoms with Crippen molar-refractivity contribution in [3.63, 3.8) is 0 Å². The van der Waals surface area contributed by atoms with Crippen LogP contribution in [-0.4, -0.2) is 11.5 Å². The zero-order chi connectivity index (χ0) is 15.6. The molecule has 1 aromatic rings. The molecule has 2 rings (SSSR count). The molecule has 4 heteroatoms. The average molecular weight is 290 g/mol. The molecule has 21 heavy (non-hydrogen) atoms. The molecule has 0 aromatic heterocycles. The summed E-state index contributed by atoms with van der Waals surface area (Å²) in [6.45, 7) is 7.77. The fourth-order valence-corrected chi connectivity index (χ4v) is 2.96. The lowest BCUT2D eigenvalue weighted by atomic mass is 9.87. The highest BCUT2D eigenvalue weighted by Crippen LogP contribution is 2.40. The largest absolute Gasteiger partial charge is 0.487 e. The van der Waals surface area contributed by atoms with E-state index in [0.29, 0.717) is 0 Å². The van der Waals surface area contributed by atoms with E-state index in [9.17, 15) is 4.79 Å². The van der Waals surface area contributed by atoms with Gasteiger partial charge in [0.15, 0.2) is 0 Å². The van der Waals surface area contributed by atoms with E-state index in [0.717, 1.165) is 36.1 Å². The summed E-state index contributed by atoms with van der Waals surface area (Å²) in [6.07, 6.45) is 2.76. The zero-order valence-electron chi connectivity index (χ0n) is 13.4. The topological polar surface area (TPSA) is 64.3 Å². The SMILES string of the molecule is CCCC(N)c1ccc2c(c1)C(NC(C)=O)CC(C)(C)O2. The first-order valence-electron chi connectivity index (χ1n) is 7.68. The van der Waals surface area contributed by atoms with Gasteiger partial charge in [0, 0.05) is 24.9 Å². The summed E-state index contributed by atoms with van der Waals surface area (Å²) in [5, 5.41) is 3.03. The maximum atomic E-state index is 11.5. The van der Waals surface area contributed by atoms with Gasteiger partial charge in [0.2, 0.25) is 5.91 Å². The molecule has 0 radical (unpaired) electrons. The number of hydrogen-bond donors (Lipinski definition) is 2. The number of rotatable bonds is 4. The second-order valence-electron chi connectivity index (χ2n) is 6.51.